The fourth-order valence-electron chi connectivity index (χ4n) is 4.73. The molecular weight excluding hydrogens is 447 g/mol. The molecule has 1 N–H and O–H groups in total. The number of amides is 1. The van der Waals surface area contributed by atoms with Gasteiger partial charge in [-0.15, -0.1) is 0 Å². The van der Waals surface area contributed by atoms with E-state index in [4.69, 9.17) is 14.5 Å². The van der Waals surface area contributed by atoms with Gasteiger partial charge in [0.15, 0.2) is 11.6 Å². The summed E-state index contributed by atoms with van der Waals surface area (Å²) < 4.78 is 27.3. The number of nitrogens with zero attached hydrogens (tertiary/aromatic N) is 3. The first-order valence-electron chi connectivity index (χ1n) is 12.4. The fourth-order valence-corrected chi connectivity index (χ4v) is 4.73. The summed E-state index contributed by atoms with van der Waals surface area (Å²) in [4.78, 5) is 19.0. The number of benzene rings is 2. The molecule has 1 aromatic heterocycles. The van der Waals surface area contributed by atoms with Crippen molar-refractivity contribution in [3.05, 3.63) is 42.2 Å². The maximum atomic E-state index is 14.0. The third-order valence-electron chi connectivity index (χ3n) is 6.37. The Hall–Kier alpha value is -3.13. The Labute approximate surface area is 206 Å². The summed E-state index contributed by atoms with van der Waals surface area (Å²) in [5.41, 5.74) is 2.44. The Morgan fingerprint density at radius 1 is 1.17 bits per heavy atom. The van der Waals surface area contributed by atoms with E-state index >= 15 is 0 Å². The predicted molar refractivity (Wildman–Crippen MR) is 135 cm³/mol. The zero-order chi connectivity index (χ0) is 24.8. The van der Waals surface area contributed by atoms with Gasteiger partial charge in [0.05, 0.1) is 24.8 Å². The fraction of sp³-hybridized carbons (Fsp3) is 0.481. The van der Waals surface area contributed by atoms with E-state index in [1.54, 1.807) is 12.1 Å². The highest BCUT2D eigenvalue weighted by Gasteiger charge is 2.18. The number of carbonyl (C=O) groups excluding carboxylic acids is 1. The van der Waals surface area contributed by atoms with E-state index < -0.39 is 5.82 Å². The van der Waals surface area contributed by atoms with Crippen LogP contribution in [0.2, 0.25) is 0 Å². The SMILES string of the molecule is COc1cc(-c2nc3cc(OCCCN4CCCCC4)ccc3n2CC(C)NC(C)=O)ccc1F. The molecule has 1 amide bonds. The van der Waals surface area contributed by atoms with E-state index in [0.717, 1.165) is 35.3 Å². The number of rotatable bonds is 10. The molecule has 0 spiro atoms. The van der Waals surface area contributed by atoms with Gasteiger partial charge in [-0.2, -0.15) is 0 Å². The van der Waals surface area contributed by atoms with Gasteiger partial charge < -0.3 is 24.3 Å². The number of hydrogen-bond donors (Lipinski definition) is 1. The van der Waals surface area contributed by atoms with Crippen LogP contribution < -0.4 is 14.8 Å². The summed E-state index contributed by atoms with van der Waals surface area (Å²) in [6.07, 6.45) is 4.92. The Bertz CT molecular complexity index is 1160. The first-order valence-corrected chi connectivity index (χ1v) is 12.4. The minimum Gasteiger partial charge on any atom is -0.494 e. The van der Waals surface area contributed by atoms with E-state index in [1.807, 2.05) is 29.7 Å². The first kappa shape index (κ1) is 25.0. The lowest BCUT2D eigenvalue weighted by Gasteiger charge is -2.26. The summed E-state index contributed by atoms with van der Waals surface area (Å²) in [6, 6.07) is 10.5. The van der Waals surface area contributed by atoms with Crippen LogP contribution in [0.3, 0.4) is 0 Å². The van der Waals surface area contributed by atoms with E-state index in [-0.39, 0.29) is 17.7 Å². The number of ether oxygens (including phenoxy) is 2. The molecule has 1 atom stereocenters. The van der Waals surface area contributed by atoms with Crippen LogP contribution in [-0.2, 0) is 11.3 Å². The number of hydrogen-bond acceptors (Lipinski definition) is 5. The molecule has 1 fully saturated rings. The molecule has 0 aliphatic carbocycles. The smallest absolute Gasteiger partial charge is 0.217 e. The van der Waals surface area contributed by atoms with Crippen molar-refractivity contribution in [3.63, 3.8) is 0 Å². The third kappa shape index (κ3) is 6.31. The summed E-state index contributed by atoms with van der Waals surface area (Å²) in [6.45, 7) is 8.07. The Morgan fingerprint density at radius 3 is 2.71 bits per heavy atom. The van der Waals surface area contributed by atoms with E-state index in [1.165, 1.54) is 52.5 Å². The lowest BCUT2D eigenvalue weighted by Crippen LogP contribution is -2.34. The zero-order valence-electron chi connectivity index (χ0n) is 20.8. The zero-order valence-corrected chi connectivity index (χ0v) is 20.8. The van der Waals surface area contributed by atoms with Crippen molar-refractivity contribution >= 4 is 16.9 Å². The van der Waals surface area contributed by atoms with Gasteiger partial charge in [-0.25, -0.2) is 9.37 Å². The minimum atomic E-state index is -0.425. The highest BCUT2D eigenvalue weighted by Crippen LogP contribution is 2.31. The van der Waals surface area contributed by atoms with Crippen LogP contribution in [0.5, 0.6) is 11.5 Å². The molecule has 1 aliphatic rings. The van der Waals surface area contributed by atoms with E-state index in [9.17, 15) is 9.18 Å². The highest BCUT2D eigenvalue weighted by molar-refractivity contribution is 5.82. The molecule has 7 nitrogen and oxygen atoms in total. The van der Waals surface area contributed by atoms with E-state index in [0.29, 0.717) is 19.0 Å². The molecule has 8 heteroatoms. The summed E-state index contributed by atoms with van der Waals surface area (Å²) >= 11 is 0. The molecule has 0 radical (unpaired) electrons. The first-order chi connectivity index (χ1) is 16.9. The van der Waals surface area contributed by atoms with Crippen LogP contribution in [0.15, 0.2) is 36.4 Å². The van der Waals surface area contributed by atoms with Crippen molar-refractivity contribution in [1.29, 1.82) is 0 Å². The van der Waals surface area contributed by atoms with Gasteiger partial charge in [0.1, 0.15) is 11.6 Å². The molecule has 2 aromatic carbocycles. The Morgan fingerprint density at radius 2 is 1.97 bits per heavy atom. The lowest BCUT2D eigenvalue weighted by atomic mass is 10.1. The minimum absolute atomic E-state index is 0.0906. The maximum absolute atomic E-state index is 14.0. The largest absolute Gasteiger partial charge is 0.494 e. The number of methoxy groups -OCH3 is 1. The predicted octanol–water partition coefficient (Wildman–Crippen LogP) is 4.63. The Balaban J connectivity index is 1.56. The molecule has 1 unspecified atom stereocenters. The van der Waals surface area contributed by atoms with Crippen molar-refractivity contribution in [2.45, 2.75) is 52.1 Å². The van der Waals surface area contributed by atoms with Crippen molar-refractivity contribution in [1.82, 2.24) is 19.8 Å². The topological polar surface area (TPSA) is 68.6 Å². The van der Waals surface area contributed by atoms with Crippen molar-refractivity contribution in [2.75, 3.05) is 33.4 Å². The number of piperidine rings is 1. The third-order valence-corrected chi connectivity index (χ3v) is 6.37. The van der Waals surface area contributed by atoms with Gasteiger partial charge in [0.25, 0.3) is 0 Å². The molecular formula is C27H35FN4O3. The van der Waals surface area contributed by atoms with Crippen LogP contribution in [0.25, 0.3) is 22.4 Å². The van der Waals surface area contributed by atoms with Crippen molar-refractivity contribution < 1.29 is 18.7 Å². The number of halogens is 1. The molecule has 188 valence electrons. The molecule has 0 saturated carbocycles. The summed E-state index contributed by atoms with van der Waals surface area (Å²) in [7, 11) is 1.44. The second-order valence-corrected chi connectivity index (χ2v) is 9.25. The highest BCUT2D eigenvalue weighted by atomic mass is 19.1. The number of fused-ring (bicyclic) bond motifs is 1. The quantitative estimate of drug-likeness (QED) is 0.427. The van der Waals surface area contributed by atoms with Crippen LogP contribution >= 0.6 is 0 Å². The van der Waals surface area contributed by atoms with Crippen LogP contribution in [0, 0.1) is 5.82 Å². The summed E-state index contributed by atoms with van der Waals surface area (Å²) in [5, 5.41) is 2.93. The van der Waals surface area contributed by atoms with Crippen molar-refractivity contribution in [3.8, 4) is 22.9 Å². The van der Waals surface area contributed by atoms with Gasteiger partial charge in [0, 0.05) is 37.7 Å². The van der Waals surface area contributed by atoms with Gasteiger partial charge in [-0.05, 0) is 69.6 Å². The standard InChI is InChI=1S/C27H35FN4O3/c1-19(29-20(2)33)18-32-25-11-9-22(35-15-7-14-31-12-5-4-6-13-31)17-24(25)30-27(32)21-8-10-23(28)26(16-21)34-3/h8-11,16-17,19H,4-7,12-15,18H2,1-3H3,(H,29,33). The number of likely N-dealkylation sites (tertiary alicyclic amines) is 1. The number of aromatic nitrogens is 2. The van der Waals surface area contributed by atoms with Gasteiger partial charge >= 0.3 is 0 Å². The second kappa shape index (κ2) is 11.5. The molecule has 1 aliphatic heterocycles. The molecule has 1 saturated heterocycles. The monoisotopic (exact) mass is 482 g/mol. The van der Waals surface area contributed by atoms with Gasteiger partial charge in [-0.1, -0.05) is 6.42 Å². The van der Waals surface area contributed by atoms with Crippen LogP contribution in [0.4, 0.5) is 4.39 Å². The number of nitrogens with one attached hydrogen (secondary N) is 1. The molecule has 4 rings (SSSR count). The van der Waals surface area contributed by atoms with Crippen LogP contribution in [-0.4, -0.2) is 59.8 Å². The summed E-state index contributed by atoms with van der Waals surface area (Å²) in [5.74, 6) is 1.10. The van der Waals surface area contributed by atoms with Gasteiger partial charge in [-0.3, -0.25) is 4.79 Å². The number of imidazole rings is 1. The molecule has 35 heavy (non-hydrogen) atoms. The van der Waals surface area contributed by atoms with E-state index in [2.05, 4.69) is 10.2 Å². The van der Waals surface area contributed by atoms with Crippen LogP contribution in [0.1, 0.15) is 39.5 Å². The average molecular weight is 483 g/mol. The lowest BCUT2D eigenvalue weighted by molar-refractivity contribution is -0.119. The van der Waals surface area contributed by atoms with Crippen molar-refractivity contribution in [2.24, 2.45) is 0 Å². The molecule has 2 heterocycles. The number of carbonyl (C=O) groups is 1. The molecule has 0 bridgehead atoms. The Kier molecular flexibility index (Phi) is 8.23. The molecule has 3 aromatic rings. The maximum Gasteiger partial charge on any atom is 0.217 e. The normalized spacial score (nSPS) is 15.2. The second-order valence-electron chi connectivity index (χ2n) is 9.25. The van der Waals surface area contributed by atoms with Gasteiger partial charge in [0.2, 0.25) is 5.91 Å². The average Bonchev–Trinajstić information content (AvgIpc) is 3.19.